The Bertz CT molecular complexity index is 1240. The van der Waals surface area contributed by atoms with Gasteiger partial charge in [-0.25, -0.2) is 9.99 Å². The normalized spacial score (nSPS) is 20.7. The summed E-state index contributed by atoms with van der Waals surface area (Å²) >= 11 is 12.4. The van der Waals surface area contributed by atoms with Crippen LogP contribution in [0.25, 0.3) is 11.3 Å². The van der Waals surface area contributed by atoms with Crippen LogP contribution >= 0.6 is 23.2 Å². The van der Waals surface area contributed by atoms with Gasteiger partial charge < -0.3 is 14.8 Å². The molecule has 4 rings (SSSR count). The first-order valence-electron chi connectivity index (χ1n) is 11.7. The molecular weight excluding hydrogens is 527 g/mol. The molecule has 0 radical (unpaired) electrons. The van der Waals surface area contributed by atoms with Gasteiger partial charge in [0, 0.05) is 18.9 Å². The van der Waals surface area contributed by atoms with Crippen LogP contribution in [0, 0.1) is 5.92 Å². The Kier molecular flexibility index (Phi) is 7.84. The summed E-state index contributed by atoms with van der Waals surface area (Å²) in [6.07, 6.45) is 1.72. The van der Waals surface area contributed by atoms with Crippen LogP contribution in [-0.4, -0.2) is 68.2 Å². The van der Waals surface area contributed by atoms with Gasteiger partial charge in [0.15, 0.2) is 5.76 Å². The maximum absolute atomic E-state index is 13.3. The molecule has 1 aromatic heterocycles. The molecule has 2 aromatic rings. The van der Waals surface area contributed by atoms with Crippen molar-refractivity contribution in [1.82, 2.24) is 20.3 Å². The van der Waals surface area contributed by atoms with Crippen molar-refractivity contribution in [3.8, 4) is 11.3 Å². The number of oxazole rings is 1. The number of fused-ring (bicyclic) bond motifs is 1. The van der Waals surface area contributed by atoms with Crippen molar-refractivity contribution in [3.05, 3.63) is 40.3 Å². The Labute approximate surface area is 221 Å². The van der Waals surface area contributed by atoms with Crippen LogP contribution < -0.4 is 5.32 Å². The number of aliphatic carboxylic acids is 1. The molecule has 3 heterocycles. The molecular formula is C24H24Cl2N4O7. The molecule has 11 nitrogen and oxygen atoms in total. The van der Waals surface area contributed by atoms with E-state index in [1.54, 1.807) is 25.1 Å². The predicted molar refractivity (Wildman–Crippen MR) is 130 cm³/mol. The highest BCUT2D eigenvalue weighted by atomic mass is 35.5. The smallest absolute Gasteiger partial charge is 0.305 e. The summed E-state index contributed by atoms with van der Waals surface area (Å²) in [7, 11) is 0. The Balaban J connectivity index is 1.58. The number of hydrazine groups is 1. The predicted octanol–water partition coefficient (Wildman–Crippen LogP) is 2.96. The van der Waals surface area contributed by atoms with Crippen molar-refractivity contribution in [3.63, 3.8) is 0 Å². The van der Waals surface area contributed by atoms with Gasteiger partial charge in [-0.2, -0.15) is 0 Å². The summed E-state index contributed by atoms with van der Waals surface area (Å²) in [5.41, 5.74) is 0.303. The number of amides is 3. The molecule has 0 unspecified atom stereocenters. The first kappa shape index (κ1) is 26.6. The van der Waals surface area contributed by atoms with Crippen molar-refractivity contribution in [2.24, 2.45) is 5.92 Å². The number of hydrogen-bond acceptors (Lipinski definition) is 7. The number of carbonyl (C=O) groups excluding carboxylic acids is 4. The van der Waals surface area contributed by atoms with Crippen molar-refractivity contribution >= 4 is 52.7 Å². The third-order valence-electron chi connectivity index (χ3n) is 6.37. The second-order valence-electron chi connectivity index (χ2n) is 8.95. The van der Waals surface area contributed by atoms with E-state index in [1.165, 1.54) is 11.2 Å². The summed E-state index contributed by atoms with van der Waals surface area (Å²) < 4.78 is 5.54. The summed E-state index contributed by atoms with van der Waals surface area (Å²) in [5.74, 6) is -4.45. The second kappa shape index (κ2) is 10.9. The van der Waals surface area contributed by atoms with E-state index in [-0.39, 0.29) is 40.5 Å². The zero-order valence-corrected chi connectivity index (χ0v) is 21.3. The number of carbonyl (C=O) groups is 5. The maximum Gasteiger partial charge on any atom is 0.305 e. The van der Waals surface area contributed by atoms with Gasteiger partial charge in [0.25, 0.3) is 5.89 Å². The van der Waals surface area contributed by atoms with Gasteiger partial charge in [-0.1, -0.05) is 36.2 Å². The first-order valence-corrected chi connectivity index (χ1v) is 12.4. The molecule has 0 bridgehead atoms. The number of carboxylic acid groups (broad SMARTS) is 1. The lowest BCUT2D eigenvalue weighted by Crippen LogP contribution is -2.62. The monoisotopic (exact) mass is 550 g/mol. The largest absolute Gasteiger partial charge is 0.481 e. The summed E-state index contributed by atoms with van der Waals surface area (Å²) in [6.45, 7) is 1.98. The molecule has 3 amide bonds. The van der Waals surface area contributed by atoms with Crippen molar-refractivity contribution in [2.75, 3.05) is 6.54 Å². The quantitative estimate of drug-likeness (QED) is 0.499. The van der Waals surface area contributed by atoms with E-state index in [0.29, 0.717) is 24.9 Å². The van der Waals surface area contributed by atoms with Crippen LogP contribution in [0.5, 0.6) is 0 Å². The summed E-state index contributed by atoms with van der Waals surface area (Å²) in [4.78, 5) is 67.5. The molecule has 37 heavy (non-hydrogen) atoms. The van der Waals surface area contributed by atoms with Crippen LogP contribution in [0.1, 0.15) is 49.7 Å². The van der Waals surface area contributed by atoms with Gasteiger partial charge >= 0.3 is 5.97 Å². The molecule has 196 valence electrons. The number of halogens is 2. The molecule has 13 heteroatoms. The minimum absolute atomic E-state index is 0.0879. The fourth-order valence-corrected chi connectivity index (χ4v) is 5.03. The summed E-state index contributed by atoms with van der Waals surface area (Å²) in [5, 5.41) is 14.8. The van der Waals surface area contributed by atoms with Gasteiger partial charge in [-0.05, 0) is 31.4 Å². The van der Waals surface area contributed by atoms with E-state index >= 15 is 0 Å². The number of nitrogens with one attached hydrogen (secondary N) is 1. The number of Topliss-reactive ketones (excluding diaryl/α,β-unsaturated/α-hetero) is 1. The molecule has 3 atom stereocenters. The van der Waals surface area contributed by atoms with E-state index in [4.69, 9.17) is 27.6 Å². The Morgan fingerprint density at radius 3 is 2.59 bits per heavy atom. The van der Waals surface area contributed by atoms with Crippen LogP contribution in [0.15, 0.2) is 28.8 Å². The minimum atomic E-state index is -1.54. The number of rotatable bonds is 7. The Hall–Kier alpha value is -3.44. The molecule has 2 aliphatic heterocycles. The molecule has 0 saturated carbocycles. The maximum atomic E-state index is 13.3. The number of ketones is 1. The summed E-state index contributed by atoms with van der Waals surface area (Å²) in [6, 6.07) is 2.16. The fraction of sp³-hybridized carbons (Fsp3) is 0.417. The Morgan fingerprint density at radius 2 is 1.92 bits per heavy atom. The standard InChI is InChI=1S/C24H24Cl2N4O7/c1-12-7-8-18(31)29-9-3-6-16(30(29)24(12)36)22(35)28-15(10-19(32)33)21(34)23-27-11-17(37-23)20-13(25)4-2-5-14(20)26/h2,4-5,11-12,15-16H,3,6-10H2,1H3,(H,28,35)(H,32,33)/t12-,15-,16-/m0/s1. The first-order chi connectivity index (χ1) is 17.6. The van der Waals surface area contributed by atoms with E-state index in [1.807, 2.05) is 0 Å². The number of nitrogens with zero attached hydrogens (tertiary/aromatic N) is 3. The van der Waals surface area contributed by atoms with Crippen molar-refractivity contribution < 1.29 is 33.5 Å². The lowest BCUT2D eigenvalue weighted by atomic mass is 10.0. The second-order valence-corrected chi connectivity index (χ2v) is 9.76. The molecule has 0 aliphatic carbocycles. The zero-order valence-electron chi connectivity index (χ0n) is 19.8. The third-order valence-corrected chi connectivity index (χ3v) is 7.00. The lowest BCUT2D eigenvalue weighted by Gasteiger charge is -2.43. The molecule has 2 saturated heterocycles. The van der Waals surface area contributed by atoms with E-state index in [2.05, 4.69) is 10.3 Å². The molecule has 2 N–H and O–H groups in total. The molecule has 1 aromatic carbocycles. The highest BCUT2D eigenvalue weighted by Crippen LogP contribution is 2.35. The lowest BCUT2D eigenvalue weighted by molar-refractivity contribution is -0.177. The van der Waals surface area contributed by atoms with Crippen LogP contribution in [-0.2, 0) is 19.2 Å². The van der Waals surface area contributed by atoms with E-state index in [0.717, 1.165) is 5.01 Å². The van der Waals surface area contributed by atoms with Crippen LogP contribution in [0.2, 0.25) is 10.0 Å². The number of benzene rings is 1. The SMILES string of the molecule is C[C@H]1CCC(=O)N2CCC[C@@H](C(=O)N[C@@H](CC(=O)O)C(=O)c3ncc(-c4c(Cl)cccc4Cl)o3)N2C1=O. The third kappa shape index (κ3) is 5.47. The zero-order chi connectivity index (χ0) is 26.9. The van der Waals surface area contributed by atoms with E-state index in [9.17, 15) is 29.1 Å². The van der Waals surface area contributed by atoms with Crippen molar-refractivity contribution in [2.45, 2.75) is 51.1 Å². The topological polar surface area (TPSA) is 150 Å². The average Bonchev–Trinajstić information content (AvgIpc) is 3.30. The van der Waals surface area contributed by atoms with Gasteiger partial charge in [0.05, 0.1) is 28.2 Å². The Morgan fingerprint density at radius 1 is 1.22 bits per heavy atom. The highest BCUT2D eigenvalue weighted by molar-refractivity contribution is 6.39. The van der Waals surface area contributed by atoms with Gasteiger partial charge in [0.2, 0.25) is 23.5 Å². The van der Waals surface area contributed by atoms with Crippen LogP contribution in [0.4, 0.5) is 0 Å². The van der Waals surface area contributed by atoms with E-state index < -0.39 is 48.0 Å². The number of carboxylic acids is 1. The molecule has 2 fully saturated rings. The minimum Gasteiger partial charge on any atom is -0.481 e. The van der Waals surface area contributed by atoms with Gasteiger partial charge in [-0.3, -0.25) is 29.0 Å². The van der Waals surface area contributed by atoms with Crippen molar-refractivity contribution in [1.29, 1.82) is 0 Å². The number of aromatic nitrogens is 1. The molecule has 2 aliphatic rings. The van der Waals surface area contributed by atoms with Gasteiger partial charge in [-0.15, -0.1) is 0 Å². The average molecular weight is 551 g/mol. The fourth-order valence-electron chi connectivity index (χ4n) is 4.45. The molecule has 0 spiro atoms. The highest BCUT2D eigenvalue weighted by Gasteiger charge is 2.44. The van der Waals surface area contributed by atoms with Gasteiger partial charge in [0.1, 0.15) is 12.1 Å². The number of hydrogen-bond donors (Lipinski definition) is 2. The van der Waals surface area contributed by atoms with Crippen LogP contribution in [0.3, 0.4) is 0 Å².